The highest BCUT2D eigenvalue weighted by molar-refractivity contribution is 5.94. The molecule has 1 heterocycles. The summed E-state index contributed by atoms with van der Waals surface area (Å²) >= 11 is 0. The van der Waals surface area contributed by atoms with E-state index in [-0.39, 0.29) is 5.41 Å². The van der Waals surface area contributed by atoms with Crippen LogP contribution in [0.2, 0.25) is 0 Å². The maximum absolute atomic E-state index is 9.79. The predicted molar refractivity (Wildman–Crippen MR) is 201 cm³/mol. The van der Waals surface area contributed by atoms with Gasteiger partial charge < -0.3 is 0 Å². The molecule has 1 spiro atoms. The van der Waals surface area contributed by atoms with Crippen LogP contribution in [-0.2, 0) is 5.41 Å². The van der Waals surface area contributed by atoms with Crippen LogP contribution >= 0.6 is 0 Å². The molecule has 0 saturated heterocycles. The summed E-state index contributed by atoms with van der Waals surface area (Å²) in [6.07, 6.45) is 5.99. The lowest BCUT2D eigenvalue weighted by atomic mass is 9.67. The molecule has 0 aliphatic heterocycles. The molecule has 0 N–H and O–H groups in total. The predicted octanol–water partition coefficient (Wildman–Crippen LogP) is 11.3. The van der Waals surface area contributed by atoms with Crippen molar-refractivity contribution in [2.75, 3.05) is 0 Å². The van der Waals surface area contributed by atoms with Crippen LogP contribution in [0, 0.1) is 11.3 Å². The zero-order chi connectivity index (χ0) is 33.5. The number of nitrogens with zero attached hydrogens (tertiary/aromatic N) is 4. The lowest BCUT2D eigenvalue weighted by Gasteiger charge is -2.36. The van der Waals surface area contributed by atoms with Crippen molar-refractivity contribution in [1.82, 2.24) is 15.0 Å². The van der Waals surface area contributed by atoms with Gasteiger partial charge in [-0.05, 0) is 75.5 Å². The summed E-state index contributed by atoms with van der Waals surface area (Å²) in [6.45, 7) is 0. The topological polar surface area (TPSA) is 62.5 Å². The molecule has 2 aliphatic carbocycles. The van der Waals surface area contributed by atoms with Gasteiger partial charge in [-0.3, -0.25) is 0 Å². The van der Waals surface area contributed by atoms with Gasteiger partial charge in [-0.2, -0.15) is 5.26 Å². The van der Waals surface area contributed by atoms with Crippen LogP contribution in [0.5, 0.6) is 0 Å². The first-order valence-electron chi connectivity index (χ1n) is 17.5. The van der Waals surface area contributed by atoms with Crippen LogP contribution in [0.25, 0.3) is 67.5 Å². The Morgan fingerprint density at radius 2 is 1.00 bits per heavy atom. The Bertz CT molecular complexity index is 2340. The molecule has 0 amide bonds. The molecule has 0 atom stereocenters. The van der Waals surface area contributed by atoms with E-state index in [0.29, 0.717) is 17.5 Å². The number of aromatic nitrogens is 3. The summed E-state index contributed by atoms with van der Waals surface area (Å²) in [5.74, 6) is 1.96. The Morgan fingerprint density at radius 3 is 1.64 bits per heavy atom. The van der Waals surface area contributed by atoms with Gasteiger partial charge in [0.1, 0.15) is 0 Å². The summed E-state index contributed by atoms with van der Waals surface area (Å²) in [5, 5.41) is 9.79. The van der Waals surface area contributed by atoms with Gasteiger partial charge in [-0.15, -0.1) is 0 Å². The van der Waals surface area contributed by atoms with E-state index >= 15 is 0 Å². The summed E-state index contributed by atoms with van der Waals surface area (Å²) in [4.78, 5) is 14.7. The number of rotatable bonds is 5. The molecule has 1 aromatic heterocycles. The summed E-state index contributed by atoms with van der Waals surface area (Å²) in [6, 6.07) is 53.1. The molecule has 2 aliphatic rings. The lowest BCUT2D eigenvalue weighted by molar-refractivity contribution is 0.353. The Kier molecular flexibility index (Phi) is 7.40. The third kappa shape index (κ3) is 5.11. The zero-order valence-electron chi connectivity index (χ0n) is 27.7. The van der Waals surface area contributed by atoms with E-state index in [1.807, 2.05) is 66.7 Å². The minimum absolute atomic E-state index is 0.00495. The second-order valence-electron chi connectivity index (χ2n) is 13.4. The highest BCUT2D eigenvalue weighted by atomic mass is 15.0. The lowest BCUT2D eigenvalue weighted by Crippen LogP contribution is -2.28. The molecule has 1 fully saturated rings. The van der Waals surface area contributed by atoms with Crippen molar-refractivity contribution in [3.8, 4) is 73.6 Å². The molecule has 50 heavy (non-hydrogen) atoms. The van der Waals surface area contributed by atoms with E-state index in [4.69, 9.17) is 15.0 Å². The smallest absolute Gasteiger partial charge is 0.164 e. The average molecular weight is 643 g/mol. The number of hydrogen-bond donors (Lipinski definition) is 0. The van der Waals surface area contributed by atoms with Gasteiger partial charge in [-0.25, -0.2) is 15.0 Å². The second-order valence-corrected chi connectivity index (χ2v) is 13.4. The molecule has 9 rings (SSSR count). The summed E-state index contributed by atoms with van der Waals surface area (Å²) in [5.41, 5.74) is 13.7. The van der Waals surface area contributed by atoms with Crippen molar-refractivity contribution in [2.45, 2.75) is 37.5 Å². The standard InChI is InChI=1S/C46H34N4/c47-30-31-20-25-39-41(28-31)46(26-8-3-9-27-46)40-19-11-18-38(42(39)40)37-17-10-16-36(29-37)32-21-23-35(24-22-32)45-49-43(33-12-4-1-5-13-33)48-44(50-45)34-14-6-2-7-15-34/h1-2,4-7,10-25,28-29H,3,8-9,26-27H2. The highest BCUT2D eigenvalue weighted by Gasteiger charge is 2.44. The molecule has 4 nitrogen and oxygen atoms in total. The van der Waals surface area contributed by atoms with E-state index in [0.717, 1.165) is 46.2 Å². The monoisotopic (exact) mass is 642 g/mol. The molecule has 1 saturated carbocycles. The Morgan fingerprint density at radius 1 is 0.440 bits per heavy atom. The first-order chi connectivity index (χ1) is 24.7. The number of fused-ring (bicyclic) bond motifs is 5. The largest absolute Gasteiger partial charge is 0.208 e. The van der Waals surface area contributed by atoms with Gasteiger partial charge in [0.05, 0.1) is 11.6 Å². The van der Waals surface area contributed by atoms with Crippen LogP contribution < -0.4 is 0 Å². The van der Waals surface area contributed by atoms with E-state index in [1.54, 1.807) is 0 Å². The van der Waals surface area contributed by atoms with Crippen molar-refractivity contribution >= 4 is 0 Å². The number of benzene rings is 6. The minimum atomic E-state index is -0.00495. The summed E-state index contributed by atoms with van der Waals surface area (Å²) < 4.78 is 0. The third-order valence-electron chi connectivity index (χ3n) is 10.6. The molecule has 4 heteroatoms. The molecule has 0 unspecified atom stereocenters. The van der Waals surface area contributed by atoms with E-state index in [2.05, 4.69) is 84.9 Å². The fourth-order valence-corrected chi connectivity index (χ4v) is 8.16. The number of hydrogen-bond acceptors (Lipinski definition) is 4. The molecule has 6 aromatic carbocycles. The highest BCUT2D eigenvalue weighted by Crippen LogP contribution is 2.58. The maximum Gasteiger partial charge on any atom is 0.164 e. The minimum Gasteiger partial charge on any atom is -0.208 e. The van der Waals surface area contributed by atoms with Gasteiger partial charge in [0.15, 0.2) is 17.5 Å². The van der Waals surface area contributed by atoms with Crippen molar-refractivity contribution in [2.24, 2.45) is 0 Å². The fourth-order valence-electron chi connectivity index (χ4n) is 8.16. The Balaban J connectivity index is 1.10. The van der Waals surface area contributed by atoms with Gasteiger partial charge >= 0.3 is 0 Å². The summed E-state index contributed by atoms with van der Waals surface area (Å²) in [7, 11) is 0. The first kappa shape index (κ1) is 29.9. The quantitative estimate of drug-likeness (QED) is 0.187. The van der Waals surface area contributed by atoms with E-state index in [9.17, 15) is 5.26 Å². The normalized spacial score (nSPS) is 14.1. The van der Waals surface area contributed by atoms with E-state index in [1.165, 1.54) is 52.6 Å². The molecule has 238 valence electrons. The molecule has 7 aromatic rings. The maximum atomic E-state index is 9.79. The SMILES string of the molecule is N#Cc1ccc2c(c1)C1(CCCCC1)c1cccc(-c3cccc(-c4ccc(-c5nc(-c6ccccc6)nc(-c6ccccc6)n5)cc4)c3)c1-2. The van der Waals surface area contributed by atoms with Crippen LogP contribution in [0.15, 0.2) is 146 Å². The fraction of sp³-hybridized carbons (Fsp3) is 0.130. The Hall–Kier alpha value is -6.18. The van der Waals surface area contributed by atoms with Crippen molar-refractivity contribution in [3.63, 3.8) is 0 Å². The number of nitriles is 1. The molecular weight excluding hydrogens is 609 g/mol. The molecule has 0 bridgehead atoms. The van der Waals surface area contributed by atoms with Crippen molar-refractivity contribution < 1.29 is 0 Å². The Labute approximate surface area is 292 Å². The van der Waals surface area contributed by atoms with Gasteiger partial charge in [-0.1, -0.05) is 147 Å². The van der Waals surface area contributed by atoms with Crippen molar-refractivity contribution in [1.29, 1.82) is 5.26 Å². The van der Waals surface area contributed by atoms with Crippen LogP contribution in [0.3, 0.4) is 0 Å². The van der Waals surface area contributed by atoms with Crippen LogP contribution in [0.4, 0.5) is 0 Å². The van der Waals surface area contributed by atoms with Gasteiger partial charge in [0, 0.05) is 22.1 Å². The van der Waals surface area contributed by atoms with Crippen molar-refractivity contribution in [3.05, 3.63) is 162 Å². The third-order valence-corrected chi connectivity index (χ3v) is 10.6. The molecular formula is C46H34N4. The van der Waals surface area contributed by atoms with Gasteiger partial charge in [0.25, 0.3) is 0 Å². The first-order valence-corrected chi connectivity index (χ1v) is 17.5. The molecule has 0 radical (unpaired) electrons. The average Bonchev–Trinajstić information content (AvgIpc) is 3.46. The van der Waals surface area contributed by atoms with Crippen LogP contribution in [-0.4, -0.2) is 15.0 Å². The van der Waals surface area contributed by atoms with E-state index < -0.39 is 0 Å². The van der Waals surface area contributed by atoms with Gasteiger partial charge in [0.2, 0.25) is 0 Å². The zero-order valence-corrected chi connectivity index (χ0v) is 27.7. The van der Waals surface area contributed by atoms with Crippen LogP contribution in [0.1, 0.15) is 48.8 Å². The second kappa shape index (κ2) is 12.4.